The Balaban J connectivity index is 0.00000588. The summed E-state index contributed by atoms with van der Waals surface area (Å²) in [5.41, 5.74) is 16.6. The van der Waals surface area contributed by atoms with Crippen LogP contribution in [0.4, 0.5) is 0 Å². The average molecular weight is 1270 g/mol. The van der Waals surface area contributed by atoms with Crippen LogP contribution in [0, 0.1) is 18.5 Å². The minimum atomic E-state index is -0.0924. The maximum atomic E-state index is 6.91. The van der Waals surface area contributed by atoms with Gasteiger partial charge in [-0.05, 0) is 101 Å². The van der Waals surface area contributed by atoms with Crippen LogP contribution in [0.3, 0.4) is 0 Å². The summed E-state index contributed by atoms with van der Waals surface area (Å²) in [6.07, 6.45) is 5.86. The predicted octanol–water partition coefficient (Wildman–Crippen LogP) is 18.2. The van der Waals surface area contributed by atoms with Gasteiger partial charge in [0.15, 0.2) is 0 Å². The molecule has 0 aliphatic carbocycles. The van der Waals surface area contributed by atoms with Crippen molar-refractivity contribution in [3.05, 3.63) is 279 Å². The summed E-state index contributed by atoms with van der Waals surface area (Å²) in [6, 6.07) is 96.1. The van der Waals surface area contributed by atoms with Gasteiger partial charge in [-0.3, -0.25) is 4.57 Å². The zero-order chi connectivity index (χ0) is 55.8. The standard InChI is InChI=1S/C76H51N7O.Pt/c1-76(2,3)49-42-43-77-73(44-49)83-68-40-36-52(80-63-29-12-7-24-55(63)56-25-8-13-30-64(56)80)46-62(68)60-38-37-54(47-72(60)83)84-53-23-19-22-51(45-53)78-48-79(70-35-18-17-34-69(70)78)75-71(82-66-32-15-9-26-57(66)58-27-10-16-33-67(58)82)41-39-61-59-28-11-14-31-65(59)81(74(61)75)50-20-5-4-6-21-50;/h4-44,46H,1-3H3;/q-2;. The molecule has 0 unspecified atom stereocenters. The van der Waals surface area contributed by atoms with E-state index in [0.717, 1.165) is 106 Å². The first-order valence-corrected chi connectivity index (χ1v) is 28.5. The smallest absolute Gasteiger partial charge is 0.268 e. The van der Waals surface area contributed by atoms with E-state index in [9.17, 15) is 0 Å². The van der Waals surface area contributed by atoms with Gasteiger partial charge in [0.1, 0.15) is 11.5 Å². The van der Waals surface area contributed by atoms with Crippen molar-refractivity contribution in [2.45, 2.75) is 26.2 Å². The summed E-state index contributed by atoms with van der Waals surface area (Å²) in [5.74, 6) is 1.92. The quantitative estimate of drug-likeness (QED) is 0.112. The van der Waals surface area contributed by atoms with E-state index in [1.165, 1.54) is 32.5 Å². The van der Waals surface area contributed by atoms with Crippen LogP contribution in [0.1, 0.15) is 26.3 Å². The van der Waals surface area contributed by atoms with Crippen LogP contribution in [-0.4, -0.2) is 27.8 Å². The molecule has 17 aromatic rings. The summed E-state index contributed by atoms with van der Waals surface area (Å²) in [5, 5.41) is 9.28. The van der Waals surface area contributed by atoms with E-state index in [4.69, 9.17) is 9.72 Å². The van der Waals surface area contributed by atoms with E-state index in [1.54, 1.807) is 0 Å². The van der Waals surface area contributed by atoms with Crippen LogP contribution in [0.15, 0.2) is 255 Å². The number of nitrogens with zero attached hydrogens (tertiary/aromatic N) is 7. The Morgan fingerprint density at radius 1 is 0.412 bits per heavy atom. The van der Waals surface area contributed by atoms with Gasteiger partial charge in [0, 0.05) is 88.0 Å². The maximum Gasteiger partial charge on any atom is 0.268 e. The van der Waals surface area contributed by atoms with Crippen LogP contribution >= 0.6 is 0 Å². The van der Waals surface area contributed by atoms with Crippen molar-refractivity contribution in [1.82, 2.24) is 27.8 Å². The molecule has 0 fully saturated rings. The molecule has 9 heteroatoms. The summed E-state index contributed by atoms with van der Waals surface area (Å²) in [4.78, 5) is 5.03. The van der Waals surface area contributed by atoms with Crippen molar-refractivity contribution < 1.29 is 30.4 Å². The molecule has 11 aromatic carbocycles. The molecule has 0 atom stereocenters. The van der Waals surface area contributed by atoms with Crippen molar-refractivity contribution in [3.63, 3.8) is 0 Å². The SMILES string of the molecule is CC(C)(C)c1ccnc(-n2c3[c-]c(Oc4[c-]c(-n5[c-][n+](-c6c(-n7c8ccccc8c8ccccc87)ccc7c8ccccc8n(-c8ccccc8)c67)c6ccccc65)ccc4)ccc3c3cc(-n4c5ccccc5c5ccccc54)ccc32)c1.[Pt]. The van der Waals surface area contributed by atoms with Gasteiger partial charge < -0.3 is 27.6 Å². The molecule has 0 spiro atoms. The van der Waals surface area contributed by atoms with Crippen LogP contribution in [0.2, 0.25) is 0 Å². The van der Waals surface area contributed by atoms with E-state index in [0.29, 0.717) is 11.5 Å². The summed E-state index contributed by atoms with van der Waals surface area (Å²) < 4.78 is 20.7. The molecule has 0 aliphatic rings. The normalized spacial score (nSPS) is 12.1. The largest absolute Gasteiger partial charge is 0.510 e. The van der Waals surface area contributed by atoms with E-state index in [-0.39, 0.29) is 26.5 Å². The molecule has 17 rings (SSSR count). The monoisotopic (exact) mass is 1270 g/mol. The number of hydrogen-bond acceptors (Lipinski definition) is 2. The molecular weight excluding hydrogens is 1220 g/mol. The third kappa shape index (κ3) is 7.79. The van der Waals surface area contributed by atoms with Crippen molar-refractivity contribution in [3.8, 4) is 45.8 Å². The van der Waals surface area contributed by atoms with Gasteiger partial charge in [0.25, 0.3) is 6.33 Å². The van der Waals surface area contributed by atoms with Crippen molar-refractivity contribution in [2.75, 3.05) is 0 Å². The molecule has 85 heavy (non-hydrogen) atoms. The Hall–Kier alpha value is -10.3. The first kappa shape index (κ1) is 50.5. The van der Waals surface area contributed by atoms with E-state index >= 15 is 0 Å². The molecular formula is C76H51N7OPt-2. The Bertz CT molecular complexity index is 5430. The molecule has 0 aliphatic heterocycles. The van der Waals surface area contributed by atoms with Gasteiger partial charge in [0.05, 0.1) is 49.8 Å². The number of para-hydroxylation sites is 8. The van der Waals surface area contributed by atoms with Gasteiger partial charge in [0.2, 0.25) is 0 Å². The maximum absolute atomic E-state index is 6.91. The third-order valence-electron chi connectivity index (χ3n) is 16.9. The molecule has 0 saturated heterocycles. The van der Waals surface area contributed by atoms with Gasteiger partial charge in [-0.1, -0.05) is 166 Å². The van der Waals surface area contributed by atoms with Crippen LogP contribution in [0.5, 0.6) is 11.5 Å². The number of imidazole rings is 1. The number of benzene rings is 11. The zero-order valence-electron chi connectivity index (χ0n) is 46.6. The molecule has 0 N–H and O–H groups in total. The van der Waals surface area contributed by atoms with Crippen molar-refractivity contribution in [1.29, 1.82) is 0 Å². The number of fused-ring (bicyclic) bond motifs is 13. The Morgan fingerprint density at radius 2 is 0.965 bits per heavy atom. The minimum absolute atomic E-state index is 0. The number of hydrogen-bond donors (Lipinski definition) is 0. The molecule has 408 valence electrons. The molecule has 8 nitrogen and oxygen atoms in total. The van der Waals surface area contributed by atoms with Crippen LogP contribution < -0.4 is 9.30 Å². The first-order valence-electron chi connectivity index (χ1n) is 28.5. The zero-order valence-corrected chi connectivity index (χ0v) is 48.9. The number of ether oxygens (including phenoxy) is 1. The molecule has 0 bridgehead atoms. The number of aromatic nitrogens is 7. The number of pyridine rings is 1. The van der Waals surface area contributed by atoms with E-state index in [1.807, 2.05) is 24.4 Å². The topological polar surface area (TPSA) is 50.6 Å². The molecule has 6 heterocycles. The third-order valence-corrected chi connectivity index (χ3v) is 16.9. The predicted molar refractivity (Wildman–Crippen MR) is 342 cm³/mol. The first-order chi connectivity index (χ1) is 41.3. The average Bonchev–Trinajstić information content (AvgIpc) is 3.48. The summed E-state index contributed by atoms with van der Waals surface area (Å²) in [7, 11) is 0. The Kier molecular flexibility index (Phi) is 11.5. The van der Waals surface area contributed by atoms with Gasteiger partial charge in [-0.15, -0.1) is 29.7 Å². The second-order valence-corrected chi connectivity index (χ2v) is 22.8. The van der Waals surface area contributed by atoms with Crippen molar-refractivity contribution >= 4 is 98.3 Å². The molecule has 0 saturated carbocycles. The molecule has 0 amide bonds. The summed E-state index contributed by atoms with van der Waals surface area (Å²) in [6.45, 7) is 6.72. The second kappa shape index (κ2) is 19.4. The van der Waals surface area contributed by atoms with E-state index < -0.39 is 0 Å². The van der Waals surface area contributed by atoms with Crippen LogP contribution in [0.25, 0.3) is 133 Å². The number of rotatable bonds is 8. The van der Waals surface area contributed by atoms with Gasteiger partial charge in [-0.2, -0.15) is 18.2 Å². The van der Waals surface area contributed by atoms with E-state index in [2.05, 4.69) is 297 Å². The Morgan fingerprint density at radius 3 is 1.62 bits per heavy atom. The van der Waals surface area contributed by atoms with Crippen molar-refractivity contribution in [2.24, 2.45) is 0 Å². The molecule has 6 aromatic heterocycles. The fraction of sp³-hybridized carbons (Fsp3) is 0.0526. The van der Waals surface area contributed by atoms with Crippen LogP contribution in [-0.2, 0) is 26.5 Å². The second-order valence-electron chi connectivity index (χ2n) is 22.8. The van der Waals surface area contributed by atoms with Gasteiger partial charge in [-0.25, -0.2) is 4.98 Å². The Labute approximate surface area is 504 Å². The fourth-order valence-corrected chi connectivity index (χ4v) is 13.2. The van der Waals surface area contributed by atoms with Gasteiger partial charge >= 0.3 is 0 Å². The minimum Gasteiger partial charge on any atom is -0.510 e. The fourth-order valence-electron chi connectivity index (χ4n) is 13.2. The summed E-state index contributed by atoms with van der Waals surface area (Å²) >= 11 is 0. The molecule has 0 radical (unpaired) electrons.